The molecule has 1 fully saturated rings. The highest BCUT2D eigenvalue weighted by atomic mass is 35.5. The van der Waals surface area contributed by atoms with Crippen molar-refractivity contribution < 1.29 is 23.3 Å². The SMILES string of the molecule is CO[C@H]1/C=C\C[C@H](C)CS(=O)(NC(=O)N2CC(C#N)C2)=NC(=O)c2ccc3c(c2)N(C[C@H](C)[C@H]1C)C[C@@]1(CCCc2cc(Cl)ccc21)CO3. The summed E-state index contributed by atoms with van der Waals surface area (Å²) < 4.78 is 33.7. The van der Waals surface area contributed by atoms with E-state index in [1.54, 1.807) is 25.3 Å². The molecule has 2 aromatic rings. The van der Waals surface area contributed by atoms with Gasteiger partial charge in [-0.2, -0.15) is 5.26 Å². The molecule has 1 N–H and O–H groups in total. The Morgan fingerprint density at radius 3 is 2.73 bits per heavy atom. The second-order valence-electron chi connectivity index (χ2n) is 14.4. The summed E-state index contributed by atoms with van der Waals surface area (Å²) in [5.41, 5.74) is 3.26. The highest BCUT2D eigenvalue weighted by molar-refractivity contribution is 7.92. The number of carbonyl (C=O) groups excluding carboxylic acids is 2. The number of aryl methyl sites for hydroxylation is 1. The van der Waals surface area contributed by atoms with E-state index in [1.165, 1.54) is 16.0 Å². The summed E-state index contributed by atoms with van der Waals surface area (Å²) >= 11 is 6.43. The number of nitrogens with zero attached hydrogens (tertiary/aromatic N) is 4. The minimum atomic E-state index is -3.52. The van der Waals surface area contributed by atoms with Gasteiger partial charge < -0.3 is 19.3 Å². The minimum Gasteiger partial charge on any atom is -0.490 e. The third kappa shape index (κ3) is 7.47. The average Bonchev–Trinajstić information content (AvgIpc) is 3.18. The quantitative estimate of drug-likeness (QED) is 0.359. The van der Waals surface area contributed by atoms with Crippen molar-refractivity contribution in [3.8, 4) is 11.8 Å². The zero-order valence-electron chi connectivity index (χ0n) is 28.7. The molecule has 12 heteroatoms. The Balaban J connectivity index is 1.41. The number of allylic oxidation sites excluding steroid dienone is 1. The van der Waals surface area contributed by atoms with Crippen LogP contribution in [0.25, 0.3) is 0 Å². The number of hydrogen-bond acceptors (Lipinski definition) is 7. The number of likely N-dealkylation sites (tertiary alicyclic amines) is 1. The van der Waals surface area contributed by atoms with Crippen LogP contribution in [0.15, 0.2) is 52.9 Å². The van der Waals surface area contributed by atoms with Gasteiger partial charge in [-0.25, -0.2) is 9.00 Å². The molecular formula is C37H46ClN5O5S. The number of ether oxygens (including phenoxy) is 2. The number of fused-ring (bicyclic) bond motifs is 3. The van der Waals surface area contributed by atoms with Crippen LogP contribution in [0.4, 0.5) is 10.5 Å². The summed E-state index contributed by atoms with van der Waals surface area (Å²) in [7, 11) is -1.80. The summed E-state index contributed by atoms with van der Waals surface area (Å²) in [5, 5.41) is 9.89. The highest BCUT2D eigenvalue weighted by Crippen LogP contribution is 2.45. The van der Waals surface area contributed by atoms with Gasteiger partial charge in [0.05, 0.1) is 36.1 Å². The molecule has 3 heterocycles. The number of halogens is 1. The third-order valence-electron chi connectivity index (χ3n) is 10.7. The Bertz CT molecular complexity index is 1800. The second kappa shape index (κ2) is 14.3. The van der Waals surface area contributed by atoms with E-state index in [0.717, 1.165) is 30.0 Å². The second-order valence-corrected chi connectivity index (χ2v) is 16.9. The molecule has 6 atom stereocenters. The number of benzene rings is 2. The lowest BCUT2D eigenvalue weighted by molar-refractivity contribution is 0.0743. The van der Waals surface area contributed by atoms with E-state index in [4.69, 9.17) is 26.3 Å². The smallest absolute Gasteiger partial charge is 0.329 e. The number of carbonyl (C=O) groups is 2. The number of urea groups is 1. The predicted octanol–water partition coefficient (Wildman–Crippen LogP) is 6.38. The first-order valence-electron chi connectivity index (χ1n) is 17.2. The molecule has 3 aliphatic heterocycles. The van der Waals surface area contributed by atoms with Crippen LogP contribution in [-0.2, 0) is 26.5 Å². The van der Waals surface area contributed by atoms with Crippen LogP contribution in [-0.4, -0.2) is 72.8 Å². The fraction of sp³-hybridized carbons (Fsp3) is 0.541. The lowest BCUT2D eigenvalue weighted by Crippen LogP contribution is -2.54. The van der Waals surface area contributed by atoms with E-state index in [0.29, 0.717) is 31.9 Å². The van der Waals surface area contributed by atoms with Crippen LogP contribution in [0.2, 0.25) is 5.02 Å². The van der Waals surface area contributed by atoms with Gasteiger partial charge in [0, 0.05) is 49.3 Å². The standard InChI is InChI=1S/C37H46ClN5O5S/c1-24-7-5-9-33(47-4)26(3)25(2)18-43-22-37(14-6-8-28-15-30(38)11-12-31(28)37)23-48-34-13-10-29(16-32(34)43)35(44)40-49(46,21-24)41-36(45)42-19-27(17-39)20-42/h5,9-13,15-16,24-27,33H,6-8,14,18-23H2,1-4H3,(H,40,41,44,45,46)/b9-5-/t24-,25-,26+,33-,37-,49?/m0/s1. The van der Waals surface area contributed by atoms with Gasteiger partial charge in [0.1, 0.15) is 15.7 Å². The Morgan fingerprint density at radius 1 is 1.18 bits per heavy atom. The van der Waals surface area contributed by atoms with Gasteiger partial charge in [0.15, 0.2) is 0 Å². The number of amides is 3. The van der Waals surface area contributed by atoms with E-state index in [9.17, 15) is 13.8 Å². The lowest BCUT2D eigenvalue weighted by atomic mass is 9.70. The van der Waals surface area contributed by atoms with Gasteiger partial charge in [-0.05, 0) is 84.9 Å². The third-order valence-corrected chi connectivity index (χ3v) is 12.9. The molecule has 2 aromatic carbocycles. The molecule has 4 aliphatic rings. The van der Waals surface area contributed by atoms with Crippen LogP contribution in [0.3, 0.4) is 0 Å². The van der Waals surface area contributed by atoms with Crippen molar-refractivity contribution in [3.05, 3.63) is 70.3 Å². The number of anilines is 1. The molecule has 3 amide bonds. The molecule has 0 radical (unpaired) electrons. The van der Waals surface area contributed by atoms with Gasteiger partial charge in [-0.3, -0.25) is 9.52 Å². The number of nitrogens with one attached hydrogen (secondary N) is 1. The van der Waals surface area contributed by atoms with E-state index < -0.39 is 21.9 Å². The minimum absolute atomic E-state index is 0.0138. The maximum atomic E-state index is 14.3. The van der Waals surface area contributed by atoms with Crippen molar-refractivity contribution in [2.75, 3.05) is 50.5 Å². The Kier molecular flexibility index (Phi) is 10.3. The van der Waals surface area contributed by atoms with E-state index in [-0.39, 0.29) is 59.6 Å². The van der Waals surface area contributed by atoms with Gasteiger partial charge in [-0.1, -0.05) is 50.6 Å². The maximum absolute atomic E-state index is 14.3. The van der Waals surface area contributed by atoms with E-state index in [2.05, 4.69) is 52.1 Å². The molecule has 262 valence electrons. The van der Waals surface area contributed by atoms with Crippen molar-refractivity contribution >= 4 is 39.1 Å². The number of methoxy groups -OCH3 is 1. The molecule has 10 nitrogen and oxygen atoms in total. The molecule has 1 aliphatic carbocycles. The van der Waals surface area contributed by atoms with Crippen molar-refractivity contribution in [3.63, 3.8) is 0 Å². The Labute approximate surface area is 295 Å². The fourth-order valence-electron chi connectivity index (χ4n) is 7.67. The van der Waals surface area contributed by atoms with Gasteiger partial charge in [0.2, 0.25) is 0 Å². The Morgan fingerprint density at radius 2 is 1.98 bits per heavy atom. The molecule has 49 heavy (non-hydrogen) atoms. The first kappa shape index (κ1) is 35.2. The van der Waals surface area contributed by atoms with Crippen LogP contribution < -0.4 is 14.4 Å². The largest absolute Gasteiger partial charge is 0.490 e. The predicted molar refractivity (Wildman–Crippen MR) is 191 cm³/mol. The molecule has 1 spiro atoms. The number of hydrogen-bond donors (Lipinski definition) is 1. The van der Waals surface area contributed by atoms with E-state index in [1.807, 2.05) is 19.1 Å². The summed E-state index contributed by atoms with van der Waals surface area (Å²) in [4.78, 5) is 30.7. The van der Waals surface area contributed by atoms with Gasteiger partial charge in [-0.15, -0.1) is 4.36 Å². The molecule has 0 aromatic heterocycles. The first-order valence-corrected chi connectivity index (χ1v) is 19.2. The zero-order chi connectivity index (χ0) is 34.9. The molecule has 0 saturated carbocycles. The van der Waals surface area contributed by atoms with Crippen molar-refractivity contribution in [2.24, 2.45) is 28.0 Å². The van der Waals surface area contributed by atoms with Crippen LogP contribution in [0.1, 0.15) is 61.5 Å². The normalized spacial score (nSPS) is 31.3. The molecular weight excluding hydrogens is 662 g/mol. The summed E-state index contributed by atoms with van der Waals surface area (Å²) in [6.07, 6.45) is 7.44. The fourth-order valence-corrected chi connectivity index (χ4v) is 9.75. The molecule has 2 bridgehead atoms. The zero-order valence-corrected chi connectivity index (χ0v) is 30.3. The monoisotopic (exact) mass is 707 g/mol. The summed E-state index contributed by atoms with van der Waals surface area (Å²) in [5.74, 6) is -0.0722. The summed E-state index contributed by atoms with van der Waals surface area (Å²) in [6, 6.07) is 13.0. The van der Waals surface area contributed by atoms with Crippen LogP contribution in [0.5, 0.6) is 5.75 Å². The van der Waals surface area contributed by atoms with Crippen molar-refractivity contribution in [1.29, 1.82) is 5.26 Å². The average molecular weight is 708 g/mol. The van der Waals surface area contributed by atoms with Crippen LogP contribution in [0, 0.1) is 35.0 Å². The van der Waals surface area contributed by atoms with Gasteiger partial charge >= 0.3 is 6.03 Å². The van der Waals surface area contributed by atoms with Crippen molar-refractivity contribution in [1.82, 2.24) is 9.62 Å². The lowest BCUT2D eigenvalue weighted by Gasteiger charge is -2.42. The number of nitriles is 1. The molecule has 1 unspecified atom stereocenters. The van der Waals surface area contributed by atoms with Gasteiger partial charge in [0.25, 0.3) is 5.91 Å². The maximum Gasteiger partial charge on any atom is 0.329 e. The highest BCUT2D eigenvalue weighted by Gasteiger charge is 2.42. The molecule has 6 rings (SSSR count). The van der Waals surface area contributed by atoms with Crippen LogP contribution >= 0.6 is 11.6 Å². The topological polar surface area (TPSA) is 124 Å². The van der Waals surface area contributed by atoms with Crippen molar-refractivity contribution in [2.45, 2.75) is 58.0 Å². The molecule has 1 saturated heterocycles. The Hall–Kier alpha value is -3.59. The first-order chi connectivity index (χ1) is 23.4. The summed E-state index contributed by atoms with van der Waals surface area (Å²) in [6.45, 7) is 8.71. The number of rotatable bonds is 2. The van der Waals surface area contributed by atoms with E-state index >= 15 is 0 Å².